The molecule has 0 aliphatic heterocycles. The number of aryl methyl sites for hydroxylation is 1. The van der Waals surface area contributed by atoms with Crippen LogP contribution in [0.15, 0.2) is 16.9 Å². The fraction of sp³-hybridized carbons (Fsp3) is 0.538. The minimum Gasteiger partial charge on any atom is -0.477 e. The molecular formula is C13H19NO4. The van der Waals surface area contributed by atoms with Gasteiger partial charge >= 0.3 is 5.97 Å². The molecule has 0 aliphatic rings. The lowest BCUT2D eigenvalue weighted by molar-refractivity contribution is 0.0694. The summed E-state index contributed by atoms with van der Waals surface area (Å²) in [6, 6.07) is 3.00. The first kappa shape index (κ1) is 14.4. The molecule has 0 saturated carbocycles. The molecule has 5 nitrogen and oxygen atoms in total. The Morgan fingerprint density at radius 1 is 1.22 bits per heavy atom. The van der Waals surface area contributed by atoms with Crippen LogP contribution in [-0.4, -0.2) is 27.4 Å². The van der Waals surface area contributed by atoms with E-state index in [1.54, 1.807) is 13.0 Å². The van der Waals surface area contributed by atoms with Crippen molar-refractivity contribution < 1.29 is 15.0 Å². The van der Waals surface area contributed by atoms with Gasteiger partial charge in [0.2, 0.25) is 0 Å². The van der Waals surface area contributed by atoms with Crippen molar-refractivity contribution in [3.63, 3.8) is 0 Å². The minimum atomic E-state index is -1.19. The van der Waals surface area contributed by atoms with Crippen molar-refractivity contribution in [2.75, 3.05) is 6.61 Å². The Hall–Kier alpha value is -1.62. The average Bonchev–Trinajstić information content (AvgIpc) is 2.32. The van der Waals surface area contributed by atoms with Crippen molar-refractivity contribution in [3.8, 4) is 0 Å². The van der Waals surface area contributed by atoms with Crippen LogP contribution in [0.3, 0.4) is 0 Å². The third-order valence-electron chi connectivity index (χ3n) is 2.91. The van der Waals surface area contributed by atoms with Crippen molar-refractivity contribution in [2.24, 2.45) is 0 Å². The summed E-state index contributed by atoms with van der Waals surface area (Å²) in [6.45, 7) is 2.51. The van der Waals surface area contributed by atoms with Gasteiger partial charge in [0.25, 0.3) is 5.56 Å². The third kappa shape index (κ3) is 3.70. The molecule has 100 valence electrons. The SMILES string of the molecule is Cc1ccc(C(=O)O)c(=O)n1CCCCCCO. The first-order chi connectivity index (χ1) is 8.57. The minimum absolute atomic E-state index is 0.184. The molecule has 0 spiro atoms. The highest BCUT2D eigenvalue weighted by Crippen LogP contribution is 2.04. The van der Waals surface area contributed by atoms with Crippen LogP contribution in [0.1, 0.15) is 41.7 Å². The Labute approximate surface area is 106 Å². The van der Waals surface area contributed by atoms with Gasteiger partial charge in [-0.3, -0.25) is 4.79 Å². The Bertz CT molecular complexity index is 465. The van der Waals surface area contributed by atoms with E-state index < -0.39 is 11.5 Å². The van der Waals surface area contributed by atoms with Crippen LogP contribution in [0.4, 0.5) is 0 Å². The van der Waals surface area contributed by atoms with Gasteiger partial charge in [-0.05, 0) is 31.9 Å². The molecule has 0 fully saturated rings. The number of rotatable bonds is 7. The molecule has 0 aliphatic carbocycles. The molecule has 0 bridgehead atoms. The Balaban J connectivity index is 2.73. The summed E-state index contributed by atoms with van der Waals surface area (Å²) < 4.78 is 1.50. The predicted octanol–water partition coefficient (Wildman–Crippen LogP) is 1.41. The number of pyridine rings is 1. The summed E-state index contributed by atoms with van der Waals surface area (Å²) in [6.07, 6.45) is 3.42. The van der Waals surface area contributed by atoms with Crippen molar-refractivity contribution in [2.45, 2.75) is 39.2 Å². The number of aliphatic hydroxyl groups excluding tert-OH is 1. The molecule has 0 aromatic carbocycles. The third-order valence-corrected chi connectivity index (χ3v) is 2.91. The van der Waals surface area contributed by atoms with Crippen LogP contribution in [-0.2, 0) is 6.54 Å². The van der Waals surface area contributed by atoms with E-state index in [4.69, 9.17) is 10.2 Å². The number of nitrogens with zero attached hydrogens (tertiary/aromatic N) is 1. The van der Waals surface area contributed by atoms with E-state index in [1.807, 2.05) is 0 Å². The van der Waals surface area contributed by atoms with Crippen LogP contribution in [0.5, 0.6) is 0 Å². The summed E-state index contributed by atoms with van der Waals surface area (Å²) in [4.78, 5) is 22.8. The van der Waals surface area contributed by atoms with E-state index >= 15 is 0 Å². The fourth-order valence-corrected chi connectivity index (χ4v) is 1.85. The number of aliphatic hydroxyl groups is 1. The predicted molar refractivity (Wildman–Crippen MR) is 68.0 cm³/mol. The molecule has 1 aromatic heterocycles. The van der Waals surface area contributed by atoms with Gasteiger partial charge in [0.1, 0.15) is 5.56 Å². The summed E-state index contributed by atoms with van der Waals surface area (Å²) in [5, 5.41) is 17.5. The molecular weight excluding hydrogens is 234 g/mol. The maximum Gasteiger partial charge on any atom is 0.341 e. The number of hydrogen-bond donors (Lipinski definition) is 2. The zero-order valence-corrected chi connectivity index (χ0v) is 10.6. The molecule has 1 rings (SSSR count). The maximum absolute atomic E-state index is 11.9. The van der Waals surface area contributed by atoms with E-state index in [0.29, 0.717) is 6.54 Å². The standard InChI is InChI=1S/C13H19NO4/c1-10-6-7-11(13(17)18)12(16)14(10)8-4-2-3-5-9-15/h6-7,15H,2-5,8-9H2,1H3,(H,17,18). The molecule has 18 heavy (non-hydrogen) atoms. The van der Waals surface area contributed by atoms with E-state index in [9.17, 15) is 9.59 Å². The second-order valence-corrected chi connectivity index (χ2v) is 4.29. The number of carboxylic acid groups (broad SMARTS) is 1. The highest BCUT2D eigenvalue weighted by Gasteiger charge is 2.11. The quantitative estimate of drug-likeness (QED) is 0.720. The van der Waals surface area contributed by atoms with Crippen molar-refractivity contribution >= 4 is 5.97 Å². The summed E-state index contributed by atoms with van der Waals surface area (Å²) >= 11 is 0. The first-order valence-corrected chi connectivity index (χ1v) is 6.12. The lowest BCUT2D eigenvalue weighted by Crippen LogP contribution is -2.27. The van der Waals surface area contributed by atoms with Crippen LogP contribution in [0, 0.1) is 6.92 Å². The zero-order valence-electron chi connectivity index (χ0n) is 10.6. The number of hydrogen-bond acceptors (Lipinski definition) is 3. The van der Waals surface area contributed by atoms with E-state index in [1.165, 1.54) is 10.6 Å². The van der Waals surface area contributed by atoms with Gasteiger partial charge in [-0.1, -0.05) is 12.8 Å². The van der Waals surface area contributed by atoms with Gasteiger partial charge in [0, 0.05) is 18.8 Å². The molecule has 0 amide bonds. The number of carboxylic acids is 1. The zero-order chi connectivity index (χ0) is 13.5. The molecule has 0 atom stereocenters. The van der Waals surface area contributed by atoms with E-state index in [2.05, 4.69) is 0 Å². The van der Waals surface area contributed by atoms with Gasteiger partial charge in [0.05, 0.1) is 0 Å². The van der Waals surface area contributed by atoms with Gasteiger partial charge in [-0.2, -0.15) is 0 Å². The van der Waals surface area contributed by atoms with Gasteiger partial charge in [0.15, 0.2) is 0 Å². The van der Waals surface area contributed by atoms with Crippen LogP contribution in [0.25, 0.3) is 0 Å². The highest BCUT2D eigenvalue weighted by molar-refractivity contribution is 5.87. The second-order valence-electron chi connectivity index (χ2n) is 4.29. The van der Waals surface area contributed by atoms with Crippen LogP contribution in [0.2, 0.25) is 0 Å². The van der Waals surface area contributed by atoms with Gasteiger partial charge < -0.3 is 14.8 Å². The number of aromatic nitrogens is 1. The number of aromatic carboxylic acids is 1. The fourth-order valence-electron chi connectivity index (χ4n) is 1.85. The second kappa shape index (κ2) is 6.96. The smallest absolute Gasteiger partial charge is 0.341 e. The lowest BCUT2D eigenvalue weighted by atomic mass is 10.2. The summed E-state index contributed by atoms with van der Waals surface area (Å²) in [5.74, 6) is -1.19. The molecule has 0 radical (unpaired) electrons. The van der Waals surface area contributed by atoms with Crippen LogP contribution < -0.4 is 5.56 Å². The lowest BCUT2D eigenvalue weighted by Gasteiger charge is -2.10. The van der Waals surface area contributed by atoms with Crippen LogP contribution >= 0.6 is 0 Å². The van der Waals surface area contributed by atoms with E-state index in [0.717, 1.165) is 31.4 Å². The van der Waals surface area contributed by atoms with Gasteiger partial charge in [-0.25, -0.2) is 4.79 Å². The molecule has 1 heterocycles. The molecule has 2 N–H and O–H groups in total. The molecule has 1 aromatic rings. The molecule has 0 saturated heterocycles. The van der Waals surface area contributed by atoms with Crippen molar-refractivity contribution in [1.29, 1.82) is 0 Å². The monoisotopic (exact) mass is 253 g/mol. The van der Waals surface area contributed by atoms with E-state index in [-0.39, 0.29) is 12.2 Å². The molecule has 0 unspecified atom stereocenters. The maximum atomic E-state index is 11.9. The first-order valence-electron chi connectivity index (χ1n) is 6.12. The highest BCUT2D eigenvalue weighted by atomic mass is 16.4. The summed E-state index contributed by atoms with van der Waals surface area (Å²) in [7, 11) is 0. The van der Waals surface area contributed by atoms with Crippen molar-refractivity contribution in [3.05, 3.63) is 33.7 Å². The number of carbonyl (C=O) groups is 1. The normalized spacial score (nSPS) is 10.6. The Morgan fingerprint density at radius 3 is 2.50 bits per heavy atom. The Morgan fingerprint density at radius 2 is 1.89 bits per heavy atom. The topological polar surface area (TPSA) is 79.5 Å². The number of unbranched alkanes of at least 4 members (excludes halogenated alkanes) is 3. The Kier molecular flexibility index (Phi) is 5.58. The van der Waals surface area contributed by atoms with Gasteiger partial charge in [-0.15, -0.1) is 0 Å². The van der Waals surface area contributed by atoms with Crippen molar-refractivity contribution in [1.82, 2.24) is 4.57 Å². The molecule has 5 heteroatoms. The summed E-state index contributed by atoms with van der Waals surface area (Å²) in [5.41, 5.74) is 0.146. The average molecular weight is 253 g/mol. The largest absolute Gasteiger partial charge is 0.477 e.